The normalized spacial score (nSPS) is 14.3. The Bertz CT molecular complexity index is 552. The molecule has 1 aliphatic carbocycles. The van der Waals surface area contributed by atoms with Crippen LogP contribution in [0.4, 0.5) is 5.69 Å². The third-order valence-corrected chi connectivity index (χ3v) is 3.07. The first-order chi connectivity index (χ1) is 9.54. The van der Waals surface area contributed by atoms with Crippen molar-refractivity contribution in [2.75, 3.05) is 0 Å². The molecule has 0 spiro atoms. The van der Waals surface area contributed by atoms with Crippen LogP contribution in [0.5, 0.6) is 0 Å². The maximum Gasteiger partial charge on any atom is 0.0638 e. The zero-order chi connectivity index (χ0) is 14.5. The van der Waals surface area contributed by atoms with Crippen LogP contribution in [-0.4, -0.2) is 17.5 Å². The van der Waals surface area contributed by atoms with E-state index in [9.17, 15) is 0 Å². The van der Waals surface area contributed by atoms with E-state index in [0.29, 0.717) is 12.0 Å². The van der Waals surface area contributed by atoms with Gasteiger partial charge in [0.05, 0.1) is 17.1 Å². The third kappa shape index (κ3) is 4.02. The molecule has 1 aromatic carbocycles. The van der Waals surface area contributed by atoms with E-state index in [0.717, 1.165) is 17.1 Å². The monoisotopic (exact) mass is 266 g/mol. The molecule has 1 aliphatic rings. The first kappa shape index (κ1) is 14.4. The van der Waals surface area contributed by atoms with E-state index in [4.69, 9.17) is 0 Å². The van der Waals surface area contributed by atoms with Crippen LogP contribution in [0.25, 0.3) is 0 Å². The van der Waals surface area contributed by atoms with Crippen molar-refractivity contribution in [3.05, 3.63) is 54.1 Å². The van der Waals surface area contributed by atoms with Crippen molar-refractivity contribution >= 4 is 17.1 Å². The Kier molecular flexibility index (Phi) is 4.67. The quantitative estimate of drug-likeness (QED) is 0.698. The number of rotatable bonds is 3. The van der Waals surface area contributed by atoms with E-state index < -0.39 is 0 Å². The molecule has 0 aliphatic heterocycles. The average Bonchev–Trinajstić information content (AvgIpc) is 2.41. The Balaban J connectivity index is 2.12. The summed E-state index contributed by atoms with van der Waals surface area (Å²) < 4.78 is 0. The molecule has 0 amide bonds. The van der Waals surface area contributed by atoms with Gasteiger partial charge in [-0.1, -0.05) is 26.0 Å². The molecule has 0 fully saturated rings. The fourth-order valence-electron chi connectivity index (χ4n) is 1.99. The van der Waals surface area contributed by atoms with E-state index in [1.807, 2.05) is 24.3 Å². The highest BCUT2D eigenvalue weighted by Gasteiger charge is 2.01. The molecule has 0 N–H and O–H groups in total. The van der Waals surface area contributed by atoms with E-state index in [2.05, 4.69) is 61.9 Å². The lowest BCUT2D eigenvalue weighted by Crippen LogP contribution is -2.02. The fraction of sp³-hybridized carbons (Fsp3) is 0.333. The first-order valence-electron chi connectivity index (χ1n) is 7.17. The fourth-order valence-corrected chi connectivity index (χ4v) is 1.99. The molecule has 0 saturated carbocycles. The van der Waals surface area contributed by atoms with E-state index in [-0.39, 0.29) is 0 Å². The zero-order valence-corrected chi connectivity index (χ0v) is 12.7. The summed E-state index contributed by atoms with van der Waals surface area (Å²) in [4.78, 5) is 9.12. The van der Waals surface area contributed by atoms with Gasteiger partial charge >= 0.3 is 0 Å². The third-order valence-electron chi connectivity index (χ3n) is 3.07. The average molecular weight is 266 g/mol. The Morgan fingerprint density at radius 1 is 0.750 bits per heavy atom. The lowest BCUT2D eigenvalue weighted by Gasteiger charge is -2.06. The summed E-state index contributed by atoms with van der Waals surface area (Å²) in [7, 11) is 0. The Morgan fingerprint density at radius 3 is 1.80 bits per heavy atom. The van der Waals surface area contributed by atoms with Crippen LogP contribution in [0.15, 0.2) is 58.6 Å². The van der Waals surface area contributed by atoms with Crippen molar-refractivity contribution in [2.45, 2.75) is 39.7 Å². The molecule has 0 bridgehead atoms. The van der Waals surface area contributed by atoms with Crippen molar-refractivity contribution in [1.82, 2.24) is 0 Å². The molecular weight excluding hydrogens is 244 g/mol. The van der Waals surface area contributed by atoms with Crippen LogP contribution in [0.2, 0.25) is 0 Å². The summed E-state index contributed by atoms with van der Waals surface area (Å²) in [5.74, 6) is 0.556. The summed E-state index contributed by atoms with van der Waals surface area (Å²) >= 11 is 0. The summed E-state index contributed by atoms with van der Waals surface area (Å²) in [5.41, 5.74) is 4.30. The van der Waals surface area contributed by atoms with Gasteiger partial charge in [-0.2, -0.15) is 0 Å². The van der Waals surface area contributed by atoms with Crippen LogP contribution in [-0.2, 0) is 0 Å². The predicted octanol–water partition coefficient (Wildman–Crippen LogP) is 4.86. The molecule has 20 heavy (non-hydrogen) atoms. The van der Waals surface area contributed by atoms with Crippen molar-refractivity contribution in [3.8, 4) is 0 Å². The molecule has 104 valence electrons. The van der Waals surface area contributed by atoms with Gasteiger partial charge in [0.1, 0.15) is 0 Å². The van der Waals surface area contributed by atoms with Gasteiger partial charge in [-0.3, -0.25) is 4.99 Å². The molecule has 0 aromatic heterocycles. The van der Waals surface area contributed by atoms with Crippen molar-refractivity contribution in [1.29, 1.82) is 0 Å². The van der Waals surface area contributed by atoms with Gasteiger partial charge in [-0.25, -0.2) is 4.99 Å². The number of benzene rings is 1. The van der Waals surface area contributed by atoms with Gasteiger partial charge in [0.25, 0.3) is 0 Å². The van der Waals surface area contributed by atoms with Crippen LogP contribution >= 0.6 is 0 Å². The van der Waals surface area contributed by atoms with E-state index in [1.165, 1.54) is 5.56 Å². The Morgan fingerprint density at radius 2 is 1.30 bits per heavy atom. The standard InChI is InChI=1S/C18H22N2/c1-13(2)15-5-7-17(8-6-15)20-18-11-9-16(10-12-18)19-14(3)4/h5-14H,1-4H3. The molecule has 0 atom stereocenters. The van der Waals surface area contributed by atoms with Gasteiger partial charge in [-0.05, 0) is 61.8 Å². The molecule has 0 radical (unpaired) electrons. The SMILES string of the molecule is CC(C)N=C1C=CC(=Nc2ccc(C(C)C)cc2)C=C1. The minimum atomic E-state index is 0.321. The second kappa shape index (κ2) is 6.47. The molecular formula is C18H22N2. The maximum absolute atomic E-state index is 4.62. The predicted molar refractivity (Wildman–Crippen MR) is 88.5 cm³/mol. The van der Waals surface area contributed by atoms with E-state index in [1.54, 1.807) is 0 Å². The van der Waals surface area contributed by atoms with Gasteiger partial charge in [0.2, 0.25) is 0 Å². The minimum absolute atomic E-state index is 0.321. The second-order valence-corrected chi connectivity index (χ2v) is 5.60. The van der Waals surface area contributed by atoms with Crippen LogP contribution in [0.1, 0.15) is 39.2 Å². The Labute approximate surface area is 121 Å². The number of aliphatic imine (C=N–C) groups is 2. The molecule has 2 heteroatoms. The highest BCUT2D eigenvalue weighted by atomic mass is 14.8. The number of hydrogen-bond acceptors (Lipinski definition) is 2. The van der Waals surface area contributed by atoms with Gasteiger partial charge < -0.3 is 0 Å². The lowest BCUT2D eigenvalue weighted by atomic mass is 10.0. The number of nitrogens with zero attached hydrogens (tertiary/aromatic N) is 2. The summed E-state index contributed by atoms with van der Waals surface area (Å²) in [6.45, 7) is 8.55. The molecule has 0 saturated heterocycles. The number of allylic oxidation sites excluding steroid dienone is 4. The topological polar surface area (TPSA) is 24.7 Å². The highest BCUT2D eigenvalue weighted by molar-refractivity contribution is 6.19. The van der Waals surface area contributed by atoms with Crippen LogP contribution in [0, 0.1) is 0 Å². The van der Waals surface area contributed by atoms with Crippen molar-refractivity contribution < 1.29 is 0 Å². The first-order valence-corrected chi connectivity index (χ1v) is 7.17. The summed E-state index contributed by atoms with van der Waals surface area (Å²) in [6.07, 6.45) is 8.05. The zero-order valence-electron chi connectivity index (χ0n) is 12.7. The largest absolute Gasteiger partial charge is 0.283 e. The maximum atomic E-state index is 4.62. The molecule has 0 unspecified atom stereocenters. The van der Waals surface area contributed by atoms with E-state index >= 15 is 0 Å². The van der Waals surface area contributed by atoms with Gasteiger partial charge in [0.15, 0.2) is 0 Å². The molecule has 2 nitrogen and oxygen atoms in total. The van der Waals surface area contributed by atoms with Crippen molar-refractivity contribution in [2.24, 2.45) is 9.98 Å². The highest BCUT2D eigenvalue weighted by Crippen LogP contribution is 2.19. The van der Waals surface area contributed by atoms with Gasteiger partial charge in [0, 0.05) is 6.04 Å². The summed E-state index contributed by atoms with van der Waals surface area (Å²) in [6, 6.07) is 8.75. The second-order valence-electron chi connectivity index (χ2n) is 5.60. The Hall–Kier alpha value is -1.96. The molecule has 0 heterocycles. The van der Waals surface area contributed by atoms with Crippen LogP contribution in [0.3, 0.4) is 0 Å². The van der Waals surface area contributed by atoms with Crippen molar-refractivity contribution in [3.63, 3.8) is 0 Å². The lowest BCUT2D eigenvalue weighted by molar-refractivity contribution is 0.838. The molecule has 1 aromatic rings. The smallest absolute Gasteiger partial charge is 0.0638 e. The summed E-state index contributed by atoms with van der Waals surface area (Å²) in [5, 5.41) is 0. The molecule has 2 rings (SSSR count). The van der Waals surface area contributed by atoms with Gasteiger partial charge in [-0.15, -0.1) is 0 Å². The number of hydrogen-bond donors (Lipinski definition) is 0. The van der Waals surface area contributed by atoms with Crippen LogP contribution < -0.4 is 0 Å². The minimum Gasteiger partial charge on any atom is -0.283 e.